The van der Waals surface area contributed by atoms with Crippen molar-refractivity contribution in [2.24, 2.45) is 0 Å². The molecule has 23 heavy (non-hydrogen) atoms. The molecule has 3 rings (SSSR count). The third-order valence-corrected chi connectivity index (χ3v) is 4.56. The summed E-state index contributed by atoms with van der Waals surface area (Å²) in [4.78, 5) is 13.2. The van der Waals surface area contributed by atoms with Gasteiger partial charge in [-0.05, 0) is 36.4 Å². The number of hydrogen-bond donors (Lipinski definition) is 2. The van der Waals surface area contributed by atoms with Crippen molar-refractivity contribution in [2.45, 2.75) is 23.1 Å². The van der Waals surface area contributed by atoms with Crippen LogP contribution < -0.4 is 10.6 Å². The van der Waals surface area contributed by atoms with Gasteiger partial charge in [-0.25, -0.2) is 0 Å². The van der Waals surface area contributed by atoms with Crippen LogP contribution in [0.5, 0.6) is 0 Å². The molecule has 0 radical (unpaired) electrons. The number of nitrogens with one attached hydrogen (secondary N) is 2. The molecule has 0 aliphatic carbocycles. The highest BCUT2D eigenvalue weighted by atomic mass is 32.2. The molecule has 2 aromatic rings. The lowest BCUT2D eigenvalue weighted by atomic mass is 10.2. The summed E-state index contributed by atoms with van der Waals surface area (Å²) in [5.74, 6) is 1.75. The Morgan fingerprint density at radius 3 is 2.87 bits per heavy atom. The van der Waals surface area contributed by atoms with Gasteiger partial charge in [0, 0.05) is 29.6 Å². The molecule has 1 amide bonds. The van der Waals surface area contributed by atoms with Crippen molar-refractivity contribution in [3.05, 3.63) is 48.4 Å². The number of ether oxygens (including phenoxy) is 1. The van der Waals surface area contributed by atoms with E-state index in [1.165, 1.54) is 0 Å². The van der Waals surface area contributed by atoms with Crippen LogP contribution in [0.2, 0.25) is 0 Å². The number of carbonyl (C=O) groups excluding carboxylic acids is 1. The van der Waals surface area contributed by atoms with Gasteiger partial charge in [-0.2, -0.15) is 0 Å². The van der Waals surface area contributed by atoms with Gasteiger partial charge in [-0.15, -0.1) is 11.8 Å². The summed E-state index contributed by atoms with van der Waals surface area (Å²) < 4.78 is 10.7. The Kier molecular flexibility index (Phi) is 5.74. The van der Waals surface area contributed by atoms with E-state index in [-0.39, 0.29) is 11.9 Å². The Hall–Kier alpha value is -1.76. The predicted molar refractivity (Wildman–Crippen MR) is 90.6 cm³/mol. The Balaban J connectivity index is 1.45. The molecule has 0 spiro atoms. The van der Waals surface area contributed by atoms with Crippen LogP contribution in [-0.4, -0.2) is 31.7 Å². The summed E-state index contributed by atoms with van der Waals surface area (Å²) in [6.07, 6.45) is 2.11. The molecule has 122 valence electrons. The minimum Gasteiger partial charge on any atom is -0.468 e. The monoisotopic (exact) mass is 332 g/mol. The van der Waals surface area contributed by atoms with Crippen LogP contribution in [0.15, 0.2) is 52.0 Å². The molecule has 1 aliphatic rings. The fraction of sp³-hybridized carbons (Fsp3) is 0.353. The predicted octanol–water partition coefficient (Wildman–Crippen LogP) is 2.89. The molecule has 5 nitrogen and oxygen atoms in total. The van der Waals surface area contributed by atoms with Gasteiger partial charge in [0.1, 0.15) is 5.76 Å². The first-order chi connectivity index (χ1) is 11.3. The number of anilines is 1. The minimum absolute atomic E-state index is 0.00369. The second-order valence-corrected chi connectivity index (χ2v) is 6.42. The van der Waals surface area contributed by atoms with E-state index >= 15 is 0 Å². The lowest BCUT2D eigenvalue weighted by molar-refractivity contribution is -0.117. The normalized spacial score (nSPS) is 17.8. The lowest BCUT2D eigenvalue weighted by Crippen LogP contribution is -2.43. The zero-order valence-electron chi connectivity index (χ0n) is 12.8. The van der Waals surface area contributed by atoms with E-state index in [9.17, 15) is 4.79 Å². The zero-order chi connectivity index (χ0) is 15.9. The van der Waals surface area contributed by atoms with E-state index in [4.69, 9.17) is 9.15 Å². The Morgan fingerprint density at radius 2 is 2.17 bits per heavy atom. The summed E-state index contributed by atoms with van der Waals surface area (Å²) in [5, 5.41) is 6.20. The SMILES string of the molecule is O=C(C[C@@H]1COCCN1)Nc1ccc(SCc2ccco2)cc1. The molecular weight excluding hydrogens is 312 g/mol. The van der Waals surface area contributed by atoms with Crippen LogP contribution in [0.3, 0.4) is 0 Å². The third-order valence-electron chi connectivity index (χ3n) is 3.53. The summed E-state index contributed by atoms with van der Waals surface area (Å²) >= 11 is 1.70. The number of thioether (sulfide) groups is 1. The number of furan rings is 1. The van der Waals surface area contributed by atoms with Crippen molar-refractivity contribution in [1.29, 1.82) is 0 Å². The highest BCUT2D eigenvalue weighted by Crippen LogP contribution is 2.24. The van der Waals surface area contributed by atoms with Gasteiger partial charge in [-0.1, -0.05) is 0 Å². The molecule has 1 aliphatic heterocycles. The lowest BCUT2D eigenvalue weighted by Gasteiger charge is -2.23. The van der Waals surface area contributed by atoms with Gasteiger partial charge in [0.05, 0.1) is 25.2 Å². The van der Waals surface area contributed by atoms with Gasteiger partial charge in [-0.3, -0.25) is 4.79 Å². The quantitative estimate of drug-likeness (QED) is 0.797. The van der Waals surface area contributed by atoms with Crippen LogP contribution in [0, 0.1) is 0 Å². The first-order valence-electron chi connectivity index (χ1n) is 7.66. The average Bonchev–Trinajstić information content (AvgIpc) is 3.08. The summed E-state index contributed by atoms with van der Waals surface area (Å²) in [7, 11) is 0. The molecule has 2 N–H and O–H groups in total. The van der Waals surface area contributed by atoms with E-state index in [1.807, 2.05) is 36.4 Å². The fourth-order valence-electron chi connectivity index (χ4n) is 2.37. The van der Waals surface area contributed by atoms with Gasteiger partial charge in [0.15, 0.2) is 0 Å². The maximum atomic E-state index is 12.0. The molecule has 0 bridgehead atoms. The number of benzene rings is 1. The van der Waals surface area contributed by atoms with E-state index in [1.54, 1.807) is 18.0 Å². The number of hydrogen-bond acceptors (Lipinski definition) is 5. The average molecular weight is 332 g/mol. The molecule has 1 aromatic carbocycles. The standard InChI is InChI=1S/C17H20N2O3S/c20-17(10-14-11-21-9-7-18-14)19-13-3-5-16(6-4-13)23-12-15-2-1-8-22-15/h1-6,8,14,18H,7,9-12H2,(H,19,20)/t14-/m1/s1. The molecular formula is C17H20N2O3S. The number of rotatable bonds is 6. The van der Waals surface area contributed by atoms with Crippen molar-refractivity contribution < 1.29 is 13.9 Å². The van der Waals surface area contributed by atoms with Crippen molar-refractivity contribution >= 4 is 23.4 Å². The highest BCUT2D eigenvalue weighted by molar-refractivity contribution is 7.98. The van der Waals surface area contributed by atoms with E-state index in [0.717, 1.165) is 35.2 Å². The van der Waals surface area contributed by atoms with Gasteiger partial charge >= 0.3 is 0 Å². The maximum absolute atomic E-state index is 12.0. The number of amides is 1. The van der Waals surface area contributed by atoms with E-state index in [0.29, 0.717) is 13.0 Å². The van der Waals surface area contributed by atoms with Crippen LogP contribution in [0.1, 0.15) is 12.2 Å². The second kappa shape index (κ2) is 8.19. The Bertz CT molecular complexity index is 607. The maximum Gasteiger partial charge on any atom is 0.226 e. The van der Waals surface area contributed by atoms with E-state index in [2.05, 4.69) is 10.6 Å². The topological polar surface area (TPSA) is 63.5 Å². The number of morpholine rings is 1. The summed E-state index contributed by atoms with van der Waals surface area (Å²) in [5.41, 5.74) is 0.814. The first kappa shape index (κ1) is 16.1. The zero-order valence-corrected chi connectivity index (χ0v) is 13.6. The largest absolute Gasteiger partial charge is 0.468 e. The van der Waals surface area contributed by atoms with Crippen LogP contribution in [0.4, 0.5) is 5.69 Å². The van der Waals surface area contributed by atoms with Crippen molar-refractivity contribution in [3.63, 3.8) is 0 Å². The second-order valence-electron chi connectivity index (χ2n) is 5.37. The smallest absolute Gasteiger partial charge is 0.226 e. The van der Waals surface area contributed by atoms with Crippen LogP contribution in [0.25, 0.3) is 0 Å². The van der Waals surface area contributed by atoms with Gasteiger partial charge in [0.25, 0.3) is 0 Å². The molecule has 1 aromatic heterocycles. The summed E-state index contributed by atoms with van der Waals surface area (Å²) in [6, 6.07) is 11.8. The van der Waals surface area contributed by atoms with Gasteiger partial charge in [0.2, 0.25) is 5.91 Å². The van der Waals surface area contributed by atoms with Gasteiger partial charge < -0.3 is 19.8 Å². The summed E-state index contributed by atoms with van der Waals surface area (Å²) in [6.45, 7) is 2.12. The highest BCUT2D eigenvalue weighted by Gasteiger charge is 2.16. The van der Waals surface area contributed by atoms with E-state index < -0.39 is 0 Å². The molecule has 0 saturated carbocycles. The van der Waals surface area contributed by atoms with Crippen molar-refractivity contribution in [3.8, 4) is 0 Å². The molecule has 1 fully saturated rings. The molecule has 1 atom stereocenters. The van der Waals surface area contributed by atoms with Crippen LogP contribution in [-0.2, 0) is 15.3 Å². The first-order valence-corrected chi connectivity index (χ1v) is 8.64. The third kappa shape index (κ3) is 5.13. The van der Waals surface area contributed by atoms with Crippen LogP contribution >= 0.6 is 11.8 Å². The molecule has 2 heterocycles. The minimum atomic E-state index is 0.00369. The van der Waals surface area contributed by atoms with Crippen molar-refractivity contribution in [1.82, 2.24) is 5.32 Å². The Labute approximate surface area is 139 Å². The molecule has 6 heteroatoms. The number of carbonyl (C=O) groups is 1. The Morgan fingerprint density at radius 1 is 1.30 bits per heavy atom. The fourth-order valence-corrected chi connectivity index (χ4v) is 3.17. The molecule has 0 unspecified atom stereocenters. The van der Waals surface area contributed by atoms with Crippen molar-refractivity contribution in [2.75, 3.05) is 25.1 Å². The molecule has 1 saturated heterocycles.